The number of thiophene rings is 1. The van der Waals surface area contributed by atoms with Gasteiger partial charge < -0.3 is 11.1 Å². The van der Waals surface area contributed by atoms with Crippen molar-refractivity contribution in [2.45, 2.75) is 26.2 Å². The van der Waals surface area contributed by atoms with Crippen molar-refractivity contribution in [3.05, 3.63) is 21.9 Å². The second-order valence-electron chi connectivity index (χ2n) is 3.38. The summed E-state index contributed by atoms with van der Waals surface area (Å²) < 4.78 is 0. The van der Waals surface area contributed by atoms with E-state index in [0.29, 0.717) is 6.54 Å². The van der Waals surface area contributed by atoms with Crippen molar-refractivity contribution in [1.82, 2.24) is 5.32 Å². The maximum Gasteiger partial charge on any atom is 0.261 e. The Kier molecular flexibility index (Phi) is 5.36. The van der Waals surface area contributed by atoms with E-state index in [-0.39, 0.29) is 5.91 Å². The van der Waals surface area contributed by atoms with Gasteiger partial charge in [0.15, 0.2) is 0 Å². The minimum absolute atomic E-state index is 0.0545. The Morgan fingerprint density at radius 1 is 1.53 bits per heavy atom. The third kappa shape index (κ3) is 3.64. The maximum absolute atomic E-state index is 11.7. The summed E-state index contributed by atoms with van der Waals surface area (Å²) in [5.74, 6) is 0.0545. The lowest BCUT2D eigenvalue weighted by Gasteiger charge is -2.04. The molecule has 0 aliphatic carbocycles. The van der Waals surface area contributed by atoms with E-state index < -0.39 is 0 Å². The predicted octanol–water partition coefficient (Wildman–Crippen LogP) is 1.78. The summed E-state index contributed by atoms with van der Waals surface area (Å²) in [6.07, 6.45) is 2.83. The van der Waals surface area contributed by atoms with Gasteiger partial charge in [-0.2, -0.15) is 0 Å². The fourth-order valence-corrected chi connectivity index (χ4v) is 2.28. The molecule has 15 heavy (non-hydrogen) atoms. The van der Waals surface area contributed by atoms with Gasteiger partial charge in [-0.05, 0) is 42.8 Å². The molecular weight excluding hydrogens is 208 g/mol. The van der Waals surface area contributed by atoms with Crippen LogP contribution in [0.3, 0.4) is 0 Å². The molecule has 1 rings (SSSR count). The first-order valence-corrected chi connectivity index (χ1v) is 6.22. The molecule has 0 aliphatic heterocycles. The van der Waals surface area contributed by atoms with Crippen LogP contribution in [0.1, 0.15) is 35.0 Å². The number of nitrogens with two attached hydrogens (primary N) is 1. The van der Waals surface area contributed by atoms with Gasteiger partial charge in [-0.15, -0.1) is 11.3 Å². The van der Waals surface area contributed by atoms with Crippen LogP contribution in [0.4, 0.5) is 0 Å². The molecule has 0 saturated carbocycles. The molecule has 4 heteroatoms. The van der Waals surface area contributed by atoms with Crippen LogP contribution in [0.2, 0.25) is 0 Å². The first-order chi connectivity index (χ1) is 7.29. The molecule has 0 radical (unpaired) electrons. The fraction of sp³-hybridized carbons (Fsp3) is 0.545. The summed E-state index contributed by atoms with van der Waals surface area (Å²) >= 11 is 1.51. The molecule has 1 aromatic heterocycles. The van der Waals surface area contributed by atoms with Gasteiger partial charge in [-0.25, -0.2) is 0 Å². The van der Waals surface area contributed by atoms with Crippen LogP contribution in [0.25, 0.3) is 0 Å². The highest BCUT2D eigenvalue weighted by atomic mass is 32.1. The van der Waals surface area contributed by atoms with Gasteiger partial charge in [0.2, 0.25) is 0 Å². The Hall–Kier alpha value is -0.870. The smallest absolute Gasteiger partial charge is 0.261 e. The highest BCUT2D eigenvalue weighted by Gasteiger charge is 2.10. The monoisotopic (exact) mass is 226 g/mol. The number of unbranched alkanes of at least 4 members (excludes halogenated alkanes) is 1. The molecule has 0 fully saturated rings. The Labute approximate surface area is 94.7 Å². The van der Waals surface area contributed by atoms with Gasteiger partial charge in [0.25, 0.3) is 5.91 Å². The number of carbonyl (C=O) groups excluding carboxylic acids is 1. The zero-order valence-corrected chi connectivity index (χ0v) is 9.90. The topological polar surface area (TPSA) is 55.1 Å². The van der Waals surface area contributed by atoms with E-state index in [1.807, 2.05) is 11.4 Å². The Morgan fingerprint density at radius 2 is 2.33 bits per heavy atom. The number of rotatable bonds is 6. The van der Waals surface area contributed by atoms with Crippen molar-refractivity contribution in [3.8, 4) is 0 Å². The lowest BCUT2D eigenvalue weighted by Crippen LogP contribution is -2.24. The van der Waals surface area contributed by atoms with Crippen LogP contribution in [-0.2, 0) is 6.42 Å². The predicted molar refractivity (Wildman–Crippen MR) is 64.3 cm³/mol. The van der Waals surface area contributed by atoms with Gasteiger partial charge in [0.05, 0.1) is 4.88 Å². The second kappa shape index (κ2) is 6.58. The number of hydrogen-bond donors (Lipinski definition) is 2. The summed E-state index contributed by atoms with van der Waals surface area (Å²) in [5.41, 5.74) is 6.51. The van der Waals surface area contributed by atoms with Gasteiger partial charge in [-0.1, -0.05) is 6.92 Å². The standard InChI is InChI=1S/C11H18N2OS/c1-2-9-5-8-15-10(9)11(14)13-7-4-3-6-12/h5,8H,2-4,6-7,12H2,1H3,(H,13,14). The number of hydrogen-bond acceptors (Lipinski definition) is 3. The van der Waals surface area contributed by atoms with Crippen LogP contribution in [-0.4, -0.2) is 19.0 Å². The van der Waals surface area contributed by atoms with Crippen molar-refractivity contribution in [2.75, 3.05) is 13.1 Å². The number of carbonyl (C=O) groups is 1. The molecule has 3 nitrogen and oxygen atoms in total. The third-order valence-electron chi connectivity index (χ3n) is 2.25. The minimum Gasteiger partial charge on any atom is -0.351 e. The van der Waals surface area contributed by atoms with E-state index in [0.717, 1.165) is 36.2 Å². The van der Waals surface area contributed by atoms with E-state index in [4.69, 9.17) is 5.73 Å². The van der Waals surface area contributed by atoms with Crippen LogP contribution >= 0.6 is 11.3 Å². The normalized spacial score (nSPS) is 10.3. The number of nitrogens with one attached hydrogen (secondary N) is 1. The average molecular weight is 226 g/mol. The Morgan fingerprint density at radius 3 is 3.00 bits per heavy atom. The minimum atomic E-state index is 0.0545. The first kappa shape index (κ1) is 12.2. The summed E-state index contributed by atoms with van der Waals surface area (Å²) in [4.78, 5) is 12.6. The van der Waals surface area contributed by atoms with E-state index in [2.05, 4.69) is 12.2 Å². The van der Waals surface area contributed by atoms with Crippen molar-refractivity contribution in [3.63, 3.8) is 0 Å². The Bertz CT molecular complexity index is 309. The molecule has 1 aromatic rings. The molecule has 0 aliphatic rings. The van der Waals surface area contributed by atoms with Gasteiger partial charge in [0.1, 0.15) is 0 Å². The molecule has 0 atom stereocenters. The van der Waals surface area contributed by atoms with Crippen molar-refractivity contribution in [2.24, 2.45) is 5.73 Å². The zero-order valence-electron chi connectivity index (χ0n) is 9.08. The number of aryl methyl sites for hydroxylation is 1. The van der Waals surface area contributed by atoms with Crippen LogP contribution in [0.15, 0.2) is 11.4 Å². The van der Waals surface area contributed by atoms with Gasteiger partial charge >= 0.3 is 0 Å². The second-order valence-corrected chi connectivity index (χ2v) is 4.30. The molecule has 0 bridgehead atoms. The first-order valence-electron chi connectivity index (χ1n) is 5.34. The molecule has 0 spiro atoms. The van der Waals surface area contributed by atoms with E-state index in [1.54, 1.807) is 0 Å². The molecule has 0 aromatic carbocycles. The third-order valence-corrected chi connectivity index (χ3v) is 3.21. The van der Waals surface area contributed by atoms with Crippen molar-refractivity contribution >= 4 is 17.2 Å². The molecular formula is C11H18N2OS. The summed E-state index contributed by atoms with van der Waals surface area (Å²) in [6, 6.07) is 2.01. The van der Waals surface area contributed by atoms with Crippen LogP contribution in [0.5, 0.6) is 0 Å². The van der Waals surface area contributed by atoms with Crippen molar-refractivity contribution < 1.29 is 4.79 Å². The van der Waals surface area contributed by atoms with Crippen molar-refractivity contribution in [1.29, 1.82) is 0 Å². The largest absolute Gasteiger partial charge is 0.351 e. The molecule has 0 saturated heterocycles. The van der Waals surface area contributed by atoms with E-state index in [9.17, 15) is 4.79 Å². The van der Waals surface area contributed by atoms with Crippen LogP contribution in [0, 0.1) is 0 Å². The molecule has 1 heterocycles. The quantitative estimate of drug-likeness (QED) is 0.726. The molecule has 3 N–H and O–H groups in total. The molecule has 0 unspecified atom stereocenters. The lowest BCUT2D eigenvalue weighted by atomic mass is 10.2. The highest BCUT2D eigenvalue weighted by Crippen LogP contribution is 2.16. The molecule has 1 amide bonds. The lowest BCUT2D eigenvalue weighted by molar-refractivity contribution is 0.0956. The highest BCUT2D eigenvalue weighted by molar-refractivity contribution is 7.12. The fourth-order valence-electron chi connectivity index (χ4n) is 1.36. The number of amides is 1. The van der Waals surface area contributed by atoms with Gasteiger partial charge in [-0.3, -0.25) is 4.79 Å². The SMILES string of the molecule is CCc1ccsc1C(=O)NCCCCN. The average Bonchev–Trinajstić information content (AvgIpc) is 2.72. The summed E-state index contributed by atoms with van der Waals surface area (Å²) in [7, 11) is 0. The Balaban J connectivity index is 2.40. The molecule has 84 valence electrons. The van der Waals surface area contributed by atoms with E-state index >= 15 is 0 Å². The van der Waals surface area contributed by atoms with Gasteiger partial charge in [0, 0.05) is 6.54 Å². The van der Waals surface area contributed by atoms with E-state index in [1.165, 1.54) is 11.3 Å². The van der Waals surface area contributed by atoms with Crippen LogP contribution < -0.4 is 11.1 Å². The zero-order chi connectivity index (χ0) is 11.1. The maximum atomic E-state index is 11.7. The summed E-state index contributed by atoms with van der Waals surface area (Å²) in [6.45, 7) is 3.47. The summed E-state index contributed by atoms with van der Waals surface area (Å²) in [5, 5.41) is 4.88.